The molecule has 1 aliphatic rings. The molecule has 1 fully saturated rings. The van der Waals surface area contributed by atoms with Crippen LogP contribution in [0.25, 0.3) is 0 Å². The first-order chi connectivity index (χ1) is 8.84. The molecule has 0 radical (unpaired) electrons. The van der Waals surface area contributed by atoms with E-state index in [0.29, 0.717) is 13.0 Å². The maximum Gasteiger partial charge on any atom is 0.258 e. The largest absolute Gasteiger partial charge is 0.275 e. The van der Waals surface area contributed by atoms with E-state index in [4.69, 9.17) is 4.84 Å². The second-order valence-electron chi connectivity index (χ2n) is 5.24. The van der Waals surface area contributed by atoms with Gasteiger partial charge in [-0.2, -0.15) is 5.10 Å². The van der Waals surface area contributed by atoms with E-state index in [1.807, 2.05) is 0 Å². The Morgan fingerprint density at radius 3 is 2.79 bits per heavy atom. The van der Waals surface area contributed by atoms with E-state index < -0.39 is 17.7 Å². The molecule has 0 aromatic carbocycles. The van der Waals surface area contributed by atoms with Crippen LogP contribution in [0, 0.1) is 5.41 Å². The van der Waals surface area contributed by atoms with Crippen LogP contribution in [0.5, 0.6) is 0 Å². The summed E-state index contributed by atoms with van der Waals surface area (Å²) in [5.41, 5.74) is -0.969. The highest BCUT2D eigenvalue weighted by atomic mass is 19.3. The van der Waals surface area contributed by atoms with Gasteiger partial charge in [-0.1, -0.05) is 0 Å². The van der Waals surface area contributed by atoms with Crippen LogP contribution in [-0.4, -0.2) is 33.8 Å². The minimum Gasteiger partial charge on any atom is -0.275 e. The predicted octanol–water partition coefficient (Wildman–Crippen LogP) is 1.92. The summed E-state index contributed by atoms with van der Waals surface area (Å²) in [6.45, 7) is 2.79. The summed E-state index contributed by atoms with van der Waals surface area (Å²) in [5, 5.41) is 5.10. The summed E-state index contributed by atoms with van der Waals surface area (Å²) in [7, 11) is 1.76. The number of nitrogens with zero attached hydrogens (tertiary/aromatic N) is 3. The number of aryl methyl sites for hydroxylation is 1. The number of amides is 1. The molecule has 0 aliphatic carbocycles. The number of aromatic nitrogens is 2. The van der Waals surface area contributed by atoms with E-state index in [1.54, 1.807) is 24.1 Å². The number of carbonyl (C=O) groups excluding carboxylic acids is 1. The Balaban J connectivity index is 2.22. The van der Waals surface area contributed by atoms with Crippen molar-refractivity contribution in [1.82, 2.24) is 14.8 Å². The fraction of sp³-hybridized carbons (Fsp3) is 0.667. The van der Waals surface area contributed by atoms with Gasteiger partial charge in [0.05, 0.1) is 18.8 Å². The van der Waals surface area contributed by atoms with Crippen molar-refractivity contribution in [3.63, 3.8) is 0 Å². The summed E-state index contributed by atoms with van der Waals surface area (Å²) in [6, 6.07) is -0.348. The number of halogens is 2. The maximum atomic E-state index is 12.9. The van der Waals surface area contributed by atoms with Crippen molar-refractivity contribution in [3.05, 3.63) is 18.0 Å². The van der Waals surface area contributed by atoms with Gasteiger partial charge >= 0.3 is 0 Å². The third-order valence-electron chi connectivity index (χ3n) is 3.31. The lowest BCUT2D eigenvalue weighted by Gasteiger charge is -2.30. The molecule has 106 valence electrons. The van der Waals surface area contributed by atoms with Crippen molar-refractivity contribution < 1.29 is 18.4 Å². The van der Waals surface area contributed by atoms with Gasteiger partial charge in [-0.15, -0.1) is 0 Å². The lowest BCUT2D eigenvalue weighted by Crippen LogP contribution is -2.43. The van der Waals surface area contributed by atoms with Gasteiger partial charge < -0.3 is 0 Å². The van der Waals surface area contributed by atoms with Gasteiger partial charge in [0.15, 0.2) is 0 Å². The average Bonchev–Trinajstić information content (AvgIpc) is 2.95. The number of alkyl halides is 2. The van der Waals surface area contributed by atoms with Gasteiger partial charge in [0, 0.05) is 25.2 Å². The van der Waals surface area contributed by atoms with Crippen molar-refractivity contribution >= 4 is 5.91 Å². The average molecular weight is 273 g/mol. The van der Waals surface area contributed by atoms with Gasteiger partial charge in [0.2, 0.25) is 0 Å². The maximum absolute atomic E-state index is 12.9. The Hall–Kier alpha value is -1.50. The SMILES string of the molecule is Cn1cc([C@@H]2CCON2C(=O)C(C)(C)C(F)F)cn1. The summed E-state index contributed by atoms with van der Waals surface area (Å²) >= 11 is 0. The van der Waals surface area contributed by atoms with Crippen LogP contribution in [-0.2, 0) is 16.7 Å². The summed E-state index contributed by atoms with van der Waals surface area (Å²) in [4.78, 5) is 17.4. The van der Waals surface area contributed by atoms with Crippen molar-refractivity contribution in [1.29, 1.82) is 0 Å². The van der Waals surface area contributed by atoms with E-state index in [-0.39, 0.29) is 6.04 Å². The van der Waals surface area contributed by atoms with Crippen LogP contribution >= 0.6 is 0 Å². The van der Waals surface area contributed by atoms with Crippen molar-refractivity contribution in [2.75, 3.05) is 6.61 Å². The normalized spacial score (nSPS) is 20.3. The quantitative estimate of drug-likeness (QED) is 0.845. The second kappa shape index (κ2) is 4.88. The van der Waals surface area contributed by atoms with Crippen LogP contribution in [0.15, 0.2) is 12.4 Å². The Kier molecular flexibility index (Phi) is 3.58. The third kappa shape index (κ3) is 2.47. The number of hydrogen-bond acceptors (Lipinski definition) is 3. The topological polar surface area (TPSA) is 47.4 Å². The lowest BCUT2D eigenvalue weighted by atomic mass is 9.92. The van der Waals surface area contributed by atoms with E-state index in [2.05, 4.69) is 5.10 Å². The fourth-order valence-electron chi connectivity index (χ4n) is 1.96. The van der Waals surface area contributed by atoms with Gasteiger partial charge in [-0.3, -0.25) is 14.3 Å². The summed E-state index contributed by atoms with van der Waals surface area (Å²) in [6.07, 6.45) is 1.22. The third-order valence-corrected chi connectivity index (χ3v) is 3.31. The molecule has 0 unspecified atom stereocenters. The number of carbonyl (C=O) groups is 1. The Labute approximate surface area is 110 Å². The molecule has 2 rings (SSSR count). The molecule has 1 aliphatic heterocycles. The number of hydroxylamine groups is 2. The Bertz CT molecular complexity index is 473. The molecule has 1 aromatic heterocycles. The van der Waals surface area contributed by atoms with Crippen LogP contribution in [0.2, 0.25) is 0 Å². The molecule has 1 amide bonds. The smallest absolute Gasteiger partial charge is 0.258 e. The zero-order valence-electron chi connectivity index (χ0n) is 11.1. The number of hydrogen-bond donors (Lipinski definition) is 0. The van der Waals surface area contributed by atoms with Crippen molar-refractivity contribution in [2.45, 2.75) is 32.7 Å². The standard InChI is InChI=1S/C12H17F2N3O2/c1-12(2,10(13)14)11(18)17-9(4-5-19-17)8-6-15-16(3)7-8/h6-7,9-10H,4-5H2,1-3H3/t9-/m0/s1. The molecule has 0 N–H and O–H groups in total. The molecule has 0 bridgehead atoms. The van der Waals surface area contributed by atoms with Crippen LogP contribution in [0.3, 0.4) is 0 Å². The van der Waals surface area contributed by atoms with E-state index in [1.165, 1.54) is 13.8 Å². The molecule has 0 saturated carbocycles. The van der Waals surface area contributed by atoms with Crippen LogP contribution < -0.4 is 0 Å². The molecule has 1 atom stereocenters. The second-order valence-corrected chi connectivity index (χ2v) is 5.24. The molecular weight excluding hydrogens is 256 g/mol. The highest BCUT2D eigenvalue weighted by Gasteiger charge is 2.45. The monoisotopic (exact) mass is 273 g/mol. The van der Waals surface area contributed by atoms with Crippen molar-refractivity contribution in [3.8, 4) is 0 Å². The van der Waals surface area contributed by atoms with Gasteiger partial charge in [-0.25, -0.2) is 13.8 Å². The van der Waals surface area contributed by atoms with E-state index in [9.17, 15) is 13.6 Å². The first kappa shape index (κ1) is 13.9. The first-order valence-electron chi connectivity index (χ1n) is 6.07. The first-order valence-corrected chi connectivity index (χ1v) is 6.07. The molecule has 2 heterocycles. The minimum atomic E-state index is -2.74. The zero-order chi connectivity index (χ0) is 14.2. The molecular formula is C12H17F2N3O2. The highest BCUT2D eigenvalue weighted by Crippen LogP contribution is 2.36. The van der Waals surface area contributed by atoms with E-state index in [0.717, 1.165) is 10.6 Å². The molecule has 1 saturated heterocycles. The Morgan fingerprint density at radius 1 is 1.58 bits per heavy atom. The van der Waals surface area contributed by atoms with Crippen molar-refractivity contribution in [2.24, 2.45) is 12.5 Å². The molecule has 19 heavy (non-hydrogen) atoms. The molecule has 5 nitrogen and oxygen atoms in total. The molecule has 0 spiro atoms. The number of rotatable bonds is 3. The zero-order valence-corrected chi connectivity index (χ0v) is 11.1. The van der Waals surface area contributed by atoms with Gasteiger partial charge in [-0.05, 0) is 13.8 Å². The lowest BCUT2D eigenvalue weighted by molar-refractivity contribution is -0.194. The van der Waals surface area contributed by atoms with Gasteiger partial charge in [0.1, 0.15) is 5.41 Å². The summed E-state index contributed by atoms with van der Waals surface area (Å²) < 4.78 is 27.5. The fourth-order valence-corrected chi connectivity index (χ4v) is 1.96. The van der Waals surface area contributed by atoms with Gasteiger partial charge in [0.25, 0.3) is 12.3 Å². The Morgan fingerprint density at radius 2 is 2.26 bits per heavy atom. The minimum absolute atomic E-state index is 0.338. The predicted molar refractivity (Wildman–Crippen MR) is 63.1 cm³/mol. The highest BCUT2D eigenvalue weighted by molar-refractivity contribution is 5.82. The van der Waals surface area contributed by atoms with Crippen LogP contribution in [0.1, 0.15) is 31.9 Å². The van der Waals surface area contributed by atoms with E-state index >= 15 is 0 Å². The summed E-state index contributed by atoms with van der Waals surface area (Å²) in [5.74, 6) is -0.700. The molecule has 7 heteroatoms. The van der Waals surface area contributed by atoms with Crippen LogP contribution in [0.4, 0.5) is 8.78 Å². The molecule has 1 aromatic rings.